The van der Waals surface area contributed by atoms with Crippen molar-refractivity contribution in [3.63, 3.8) is 0 Å². The third-order valence-electron chi connectivity index (χ3n) is 5.27. The predicted molar refractivity (Wildman–Crippen MR) is 132 cm³/mol. The van der Waals surface area contributed by atoms with Crippen molar-refractivity contribution in [2.24, 2.45) is 0 Å². The minimum atomic E-state index is -3.03. The Morgan fingerprint density at radius 1 is 1.06 bits per heavy atom. The fraction of sp³-hybridized carbons (Fsp3) is 0.458. The number of hydrogen-bond donors (Lipinski definition) is 0. The van der Waals surface area contributed by atoms with Crippen LogP contribution in [0.25, 0.3) is 0 Å². The van der Waals surface area contributed by atoms with Crippen molar-refractivity contribution in [1.29, 1.82) is 0 Å². The zero-order valence-corrected chi connectivity index (χ0v) is 21.7. The molecule has 0 aliphatic heterocycles. The number of amides is 1. The van der Waals surface area contributed by atoms with E-state index >= 15 is 0 Å². The van der Waals surface area contributed by atoms with Crippen LogP contribution in [-0.2, 0) is 25.3 Å². The second-order valence-corrected chi connectivity index (χ2v) is 11.6. The topological polar surface area (TPSA) is 55.8 Å². The van der Waals surface area contributed by atoms with Gasteiger partial charge in [0.1, 0.15) is 6.61 Å². The Bertz CT molecular complexity index is 950. The molecule has 32 heavy (non-hydrogen) atoms. The van der Waals surface area contributed by atoms with Crippen molar-refractivity contribution in [2.45, 2.75) is 52.3 Å². The third kappa shape index (κ3) is 7.60. The molecule has 2 rings (SSSR count). The molecule has 0 aromatic heterocycles. The van der Waals surface area contributed by atoms with Crippen molar-refractivity contribution in [3.05, 3.63) is 69.2 Å². The summed E-state index contributed by atoms with van der Waals surface area (Å²) in [6, 6.07) is 13.3. The van der Waals surface area contributed by atoms with E-state index in [2.05, 4.69) is 26.0 Å². The fourth-order valence-electron chi connectivity index (χ4n) is 3.44. The Balaban J connectivity index is 2.13. The molecular weight excluding hydrogens is 468 g/mol. The van der Waals surface area contributed by atoms with Crippen LogP contribution in [0.5, 0.6) is 0 Å². The van der Waals surface area contributed by atoms with Crippen LogP contribution in [0, 0.1) is 0 Å². The molecule has 2 aromatic carbocycles. The lowest BCUT2D eigenvalue weighted by atomic mass is 10.0. The molecule has 0 heterocycles. The Morgan fingerprint density at radius 2 is 1.69 bits per heavy atom. The molecule has 0 radical (unpaired) electrons. The van der Waals surface area contributed by atoms with E-state index in [0.717, 1.165) is 11.1 Å². The smallest absolute Gasteiger partial charge is 0.243 e. The molecule has 0 aliphatic carbocycles. The number of halogens is 2. The van der Waals surface area contributed by atoms with Crippen LogP contribution in [0.1, 0.15) is 62.4 Å². The summed E-state index contributed by atoms with van der Waals surface area (Å²) in [6.07, 6.45) is 0.387. The minimum Gasteiger partial charge on any atom is -0.329 e. The first-order valence-corrected chi connectivity index (χ1v) is 13.6. The maximum absolute atomic E-state index is 13.3. The largest absolute Gasteiger partial charge is 0.329 e. The summed E-state index contributed by atoms with van der Waals surface area (Å²) in [5.74, 6) is 0.228. The van der Waals surface area contributed by atoms with Gasteiger partial charge in [0.05, 0.1) is 22.3 Å². The molecule has 0 fully saturated rings. The molecule has 176 valence electrons. The van der Waals surface area contributed by atoms with E-state index in [-0.39, 0.29) is 19.1 Å². The molecule has 0 spiro atoms. The molecule has 0 bridgehead atoms. The summed E-state index contributed by atoms with van der Waals surface area (Å²) in [4.78, 5) is 18.0. The monoisotopic (exact) mass is 499 g/mol. The Labute approximate surface area is 201 Å². The van der Waals surface area contributed by atoms with Gasteiger partial charge in [-0.15, -0.1) is 0 Å². The number of nitrogens with zero attached hydrogens (tertiary/aromatic N) is 1. The van der Waals surface area contributed by atoms with Crippen molar-refractivity contribution in [2.75, 3.05) is 19.8 Å². The van der Waals surface area contributed by atoms with Crippen LogP contribution in [0.15, 0.2) is 42.5 Å². The number of hydroxylamine groups is 2. The molecule has 0 N–H and O–H groups in total. The van der Waals surface area contributed by atoms with Gasteiger partial charge in [-0.05, 0) is 48.1 Å². The average molecular weight is 500 g/mol. The summed E-state index contributed by atoms with van der Waals surface area (Å²) >= 11 is 12.2. The van der Waals surface area contributed by atoms with Gasteiger partial charge in [0.2, 0.25) is 13.3 Å². The molecule has 5 nitrogen and oxygen atoms in total. The van der Waals surface area contributed by atoms with Gasteiger partial charge in [-0.1, -0.05) is 67.4 Å². The van der Waals surface area contributed by atoms with Crippen LogP contribution in [-0.4, -0.2) is 30.8 Å². The number of benzene rings is 2. The van der Waals surface area contributed by atoms with Crippen LogP contribution < -0.4 is 0 Å². The molecule has 1 amide bonds. The molecule has 2 aromatic rings. The highest BCUT2D eigenvalue weighted by atomic mass is 35.5. The number of carbonyl (C=O) groups excluding carboxylic acids is 1. The lowest BCUT2D eigenvalue weighted by Gasteiger charge is -2.28. The molecule has 2 unspecified atom stereocenters. The minimum absolute atomic E-state index is 0.223. The fourth-order valence-corrected chi connectivity index (χ4v) is 5.73. The standard InChI is InChI=1S/C24H32Cl2NO4P/c1-6-31-32(5,29)24(21-11-12-22(25)23(26)15-21)13-14-27(18(4)28)30-16-19-7-9-20(10-8-19)17(2)3/h7-12,15,17,24H,6,13-14,16H2,1-5H3. The van der Waals surface area contributed by atoms with Crippen LogP contribution >= 0.6 is 30.6 Å². The SMILES string of the molecule is CCOP(C)(=O)C(CCN(OCc1ccc(C(C)C)cc1)C(C)=O)c1ccc(Cl)c(Cl)c1. The summed E-state index contributed by atoms with van der Waals surface area (Å²) < 4.78 is 18.9. The zero-order chi connectivity index (χ0) is 23.9. The van der Waals surface area contributed by atoms with E-state index in [9.17, 15) is 9.36 Å². The van der Waals surface area contributed by atoms with E-state index in [1.54, 1.807) is 31.8 Å². The van der Waals surface area contributed by atoms with Crippen LogP contribution in [0.3, 0.4) is 0 Å². The average Bonchev–Trinajstić information content (AvgIpc) is 2.72. The van der Waals surface area contributed by atoms with Crippen LogP contribution in [0.2, 0.25) is 10.0 Å². The zero-order valence-electron chi connectivity index (χ0n) is 19.3. The maximum Gasteiger partial charge on any atom is 0.243 e. The molecule has 0 saturated carbocycles. The van der Waals surface area contributed by atoms with Crippen molar-refractivity contribution >= 4 is 36.5 Å². The van der Waals surface area contributed by atoms with Gasteiger partial charge < -0.3 is 4.52 Å². The Hall–Kier alpha value is -1.36. The van der Waals surface area contributed by atoms with Gasteiger partial charge in [0.25, 0.3) is 0 Å². The molecule has 0 saturated heterocycles. The van der Waals surface area contributed by atoms with E-state index < -0.39 is 13.0 Å². The second-order valence-electron chi connectivity index (χ2n) is 8.10. The molecular formula is C24H32Cl2NO4P. The molecule has 0 aliphatic rings. The third-order valence-corrected chi connectivity index (χ3v) is 8.47. The maximum atomic E-state index is 13.3. The van der Waals surface area contributed by atoms with Crippen molar-refractivity contribution in [3.8, 4) is 0 Å². The lowest BCUT2D eigenvalue weighted by molar-refractivity contribution is -0.189. The van der Waals surface area contributed by atoms with E-state index in [4.69, 9.17) is 32.6 Å². The van der Waals surface area contributed by atoms with Gasteiger partial charge >= 0.3 is 0 Å². The summed E-state index contributed by atoms with van der Waals surface area (Å²) in [7, 11) is -3.03. The van der Waals surface area contributed by atoms with E-state index in [0.29, 0.717) is 29.0 Å². The summed E-state index contributed by atoms with van der Waals surface area (Å²) in [5.41, 5.74) is 2.52. The Kier molecular flexibility index (Phi) is 10.3. The quantitative estimate of drug-likeness (QED) is 0.237. The predicted octanol–water partition coefficient (Wildman–Crippen LogP) is 7.47. The summed E-state index contributed by atoms with van der Waals surface area (Å²) in [5, 5.41) is 2.12. The highest BCUT2D eigenvalue weighted by Crippen LogP contribution is 2.59. The Morgan fingerprint density at radius 3 is 2.22 bits per heavy atom. The number of hydrogen-bond acceptors (Lipinski definition) is 4. The lowest BCUT2D eigenvalue weighted by Crippen LogP contribution is -2.30. The van der Waals surface area contributed by atoms with Gasteiger partial charge in [-0.3, -0.25) is 14.2 Å². The molecule has 8 heteroatoms. The van der Waals surface area contributed by atoms with Crippen LogP contribution in [0.4, 0.5) is 0 Å². The first kappa shape index (κ1) is 26.9. The second kappa shape index (κ2) is 12.2. The van der Waals surface area contributed by atoms with E-state index in [1.807, 2.05) is 12.1 Å². The van der Waals surface area contributed by atoms with E-state index in [1.165, 1.54) is 17.6 Å². The number of rotatable bonds is 11. The van der Waals surface area contributed by atoms with Gasteiger partial charge in [-0.2, -0.15) is 0 Å². The normalized spacial score (nSPS) is 14.2. The van der Waals surface area contributed by atoms with Gasteiger partial charge in [0, 0.05) is 20.1 Å². The van der Waals surface area contributed by atoms with Gasteiger partial charge in [0.15, 0.2) is 0 Å². The summed E-state index contributed by atoms with van der Waals surface area (Å²) in [6.45, 7) is 10.00. The van der Waals surface area contributed by atoms with Gasteiger partial charge in [-0.25, -0.2) is 5.06 Å². The first-order valence-electron chi connectivity index (χ1n) is 10.7. The van der Waals surface area contributed by atoms with Crippen molar-refractivity contribution in [1.82, 2.24) is 5.06 Å². The highest BCUT2D eigenvalue weighted by molar-refractivity contribution is 7.58. The molecule has 2 atom stereocenters. The number of carbonyl (C=O) groups is 1. The highest BCUT2D eigenvalue weighted by Gasteiger charge is 2.31. The van der Waals surface area contributed by atoms with Crippen molar-refractivity contribution < 1.29 is 18.7 Å². The first-order chi connectivity index (χ1) is 15.0.